The third kappa shape index (κ3) is 3.66. The Morgan fingerprint density at radius 3 is 2.64 bits per heavy atom. The second-order valence-electron chi connectivity index (χ2n) is 7.66. The lowest BCUT2D eigenvalue weighted by molar-refractivity contribution is 0.0350. The lowest BCUT2D eigenvalue weighted by Crippen LogP contribution is -2.42. The summed E-state index contributed by atoms with van der Waals surface area (Å²) in [6, 6.07) is 8.59. The summed E-state index contributed by atoms with van der Waals surface area (Å²) in [6.45, 7) is 9.86. The van der Waals surface area contributed by atoms with E-state index >= 15 is 0 Å². The highest BCUT2D eigenvalue weighted by Gasteiger charge is 2.41. The molecule has 0 unspecified atom stereocenters. The van der Waals surface area contributed by atoms with E-state index in [-0.39, 0.29) is 12.1 Å². The fourth-order valence-corrected chi connectivity index (χ4v) is 4.57. The van der Waals surface area contributed by atoms with Crippen molar-refractivity contribution in [1.82, 2.24) is 24.7 Å². The molecule has 0 spiro atoms. The highest BCUT2D eigenvalue weighted by atomic mass is 32.1. The maximum absolute atomic E-state index is 5.78. The van der Waals surface area contributed by atoms with Crippen molar-refractivity contribution >= 4 is 17.3 Å². The third-order valence-electron chi connectivity index (χ3n) is 6.09. The molecule has 4 rings (SSSR count). The van der Waals surface area contributed by atoms with Crippen LogP contribution in [0.1, 0.15) is 34.7 Å². The van der Waals surface area contributed by atoms with Crippen LogP contribution in [0.15, 0.2) is 30.5 Å². The van der Waals surface area contributed by atoms with Gasteiger partial charge in [-0.05, 0) is 49.8 Å². The summed E-state index contributed by atoms with van der Waals surface area (Å²) < 4.78 is 7.74. The zero-order valence-electron chi connectivity index (χ0n) is 16.9. The standard InChI is InChI=1S/C21H29N5OS/c1-15-14-17(16(2)24(15)3)20-19(18-6-4-5-7-22-18)23-21(28)26(20)9-8-25-10-12-27-13-11-25/h4-7,14,19-20H,8-13H2,1-3H3,(H,23,28)/t19-,20+/m1/s1. The van der Waals surface area contributed by atoms with Gasteiger partial charge >= 0.3 is 0 Å². The number of nitrogens with zero attached hydrogens (tertiary/aromatic N) is 4. The van der Waals surface area contributed by atoms with Crippen molar-refractivity contribution in [1.29, 1.82) is 0 Å². The van der Waals surface area contributed by atoms with E-state index in [1.165, 1.54) is 17.0 Å². The third-order valence-corrected chi connectivity index (χ3v) is 6.44. The van der Waals surface area contributed by atoms with Crippen LogP contribution in [0.2, 0.25) is 0 Å². The molecule has 0 bridgehead atoms. The monoisotopic (exact) mass is 399 g/mol. The zero-order chi connectivity index (χ0) is 19.7. The van der Waals surface area contributed by atoms with Crippen LogP contribution < -0.4 is 5.32 Å². The molecule has 1 N–H and O–H groups in total. The van der Waals surface area contributed by atoms with Gasteiger partial charge < -0.3 is 19.5 Å². The van der Waals surface area contributed by atoms with Crippen LogP contribution in [0.4, 0.5) is 0 Å². The van der Waals surface area contributed by atoms with Crippen molar-refractivity contribution in [2.24, 2.45) is 7.05 Å². The molecule has 2 fully saturated rings. The molecule has 0 aromatic carbocycles. The first kappa shape index (κ1) is 19.4. The number of aromatic nitrogens is 2. The molecule has 2 aromatic rings. The van der Waals surface area contributed by atoms with E-state index in [0.717, 1.165) is 50.2 Å². The summed E-state index contributed by atoms with van der Waals surface area (Å²) in [5, 5.41) is 4.37. The van der Waals surface area contributed by atoms with Gasteiger partial charge in [0.2, 0.25) is 0 Å². The van der Waals surface area contributed by atoms with E-state index in [4.69, 9.17) is 17.0 Å². The van der Waals surface area contributed by atoms with Gasteiger partial charge in [0.25, 0.3) is 0 Å². The molecule has 0 aliphatic carbocycles. The van der Waals surface area contributed by atoms with Crippen LogP contribution in [-0.2, 0) is 11.8 Å². The van der Waals surface area contributed by atoms with Crippen molar-refractivity contribution in [2.75, 3.05) is 39.4 Å². The van der Waals surface area contributed by atoms with E-state index in [9.17, 15) is 0 Å². The van der Waals surface area contributed by atoms with E-state index < -0.39 is 0 Å². The van der Waals surface area contributed by atoms with E-state index in [1.807, 2.05) is 18.3 Å². The Morgan fingerprint density at radius 2 is 2.00 bits per heavy atom. The molecule has 7 heteroatoms. The molecule has 0 amide bonds. The number of rotatable bonds is 5. The SMILES string of the molecule is Cc1cc([C@H]2[C@@H](c3ccccn3)NC(=S)N2CCN2CCOCC2)c(C)n1C. The Hall–Kier alpha value is -1.96. The second-order valence-corrected chi connectivity index (χ2v) is 8.05. The maximum atomic E-state index is 5.78. The van der Waals surface area contributed by atoms with Crippen molar-refractivity contribution < 1.29 is 4.74 Å². The van der Waals surface area contributed by atoms with Gasteiger partial charge in [-0.25, -0.2) is 0 Å². The Balaban J connectivity index is 1.64. The van der Waals surface area contributed by atoms with E-state index in [0.29, 0.717) is 0 Å². The minimum absolute atomic E-state index is 0.0545. The molecule has 28 heavy (non-hydrogen) atoms. The molecule has 6 nitrogen and oxygen atoms in total. The summed E-state index contributed by atoms with van der Waals surface area (Å²) in [4.78, 5) is 9.44. The van der Waals surface area contributed by atoms with Crippen molar-refractivity contribution in [3.8, 4) is 0 Å². The van der Waals surface area contributed by atoms with Crippen LogP contribution in [0.25, 0.3) is 0 Å². The number of thiocarbonyl (C=S) groups is 1. The quantitative estimate of drug-likeness (QED) is 0.779. The van der Waals surface area contributed by atoms with Crippen LogP contribution in [-0.4, -0.2) is 63.9 Å². The highest BCUT2D eigenvalue weighted by molar-refractivity contribution is 7.80. The van der Waals surface area contributed by atoms with Gasteiger partial charge in [0, 0.05) is 50.8 Å². The number of nitrogens with one attached hydrogen (secondary N) is 1. The molecular weight excluding hydrogens is 370 g/mol. The fraction of sp³-hybridized carbons (Fsp3) is 0.524. The molecule has 2 aromatic heterocycles. The van der Waals surface area contributed by atoms with Gasteiger partial charge in [-0.15, -0.1) is 0 Å². The topological polar surface area (TPSA) is 45.6 Å². The number of morpholine rings is 1. The Labute approximate surface area is 172 Å². The van der Waals surface area contributed by atoms with Gasteiger partial charge in [0.1, 0.15) is 0 Å². The summed E-state index contributed by atoms with van der Waals surface area (Å²) >= 11 is 5.78. The number of hydrogen-bond acceptors (Lipinski definition) is 4. The molecule has 150 valence electrons. The van der Waals surface area contributed by atoms with Gasteiger partial charge in [-0.3, -0.25) is 9.88 Å². The van der Waals surface area contributed by atoms with Crippen molar-refractivity contribution in [3.63, 3.8) is 0 Å². The van der Waals surface area contributed by atoms with Crippen LogP contribution in [0, 0.1) is 13.8 Å². The van der Waals surface area contributed by atoms with Gasteiger partial charge in [0.05, 0.1) is 31.0 Å². The number of hydrogen-bond donors (Lipinski definition) is 1. The van der Waals surface area contributed by atoms with E-state index in [2.05, 4.69) is 57.7 Å². The minimum atomic E-state index is 0.0545. The Kier molecular flexibility index (Phi) is 5.66. The first-order valence-corrected chi connectivity index (χ1v) is 10.4. The van der Waals surface area contributed by atoms with Crippen molar-refractivity contribution in [3.05, 3.63) is 53.1 Å². The molecule has 4 heterocycles. The normalized spacial score (nSPS) is 23.2. The second kappa shape index (κ2) is 8.19. The van der Waals surface area contributed by atoms with Crippen molar-refractivity contribution in [2.45, 2.75) is 25.9 Å². The Bertz CT molecular complexity index is 831. The van der Waals surface area contributed by atoms with E-state index in [1.54, 1.807) is 0 Å². The lowest BCUT2D eigenvalue weighted by atomic mass is 9.97. The van der Waals surface area contributed by atoms with Gasteiger partial charge in [-0.1, -0.05) is 6.07 Å². The maximum Gasteiger partial charge on any atom is 0.170 e. The molecule has 2 atom stereocenters. The average Bonchev–Trinajstić information content (AvgIpc) is 3.18. The predicted molar refractivity (Wildman–Crippen MR) is 114 cm³/mol. The molecule has 0 saturated carbocycles. The van der Waals surface area contributed by atoms with Gasteiger partial charge in [0.15, 0.2) is 5.11 Å². The smallest absolute Gasteiger partial charge is 0.170 e. The molecule has 0 radical (unpaired) electrons. The fourth-order valence-electron chi connectivity index (χ4n) is 4.24. The number of aryl methyl sites for hydroxylation is 1. The lowest BCUT2D eigenvalue weighted by Gasteiger charge is -2.32. The first-order chi connectivity index (χ1) is 13.6. The number of ether oxygens (including phenoxy) is 1. The summed E-state index contributed by atoms with van der Waals surface area (Å²) in [7, 11) is 2.13. The highest BCUT2D eigenvalue weighted by Crippen LogP contribution is 2.40. The average molecular weight is 400 g/mol. The summed E-state index contributed by atoms with van der Waals surface area (Å²) in [5.74, 6) is 0. The predicted octanol–water partition coefficient (Wildman–Crippen LogP) is 2.34. The molecule has 2 saturated heterocycles. The number of pyridine rings is 1. The summed E-state index contributed by atoms with van der Waals surface area (Å²) in [6.07, 6.45) is 1.86. The minimum Gasteiger partial charge on any atom is -0.379 e. The summed E-state index contributed by atoms with van der Waals surface area (Å²) in [5.41, 5.74) is 4.90. The first-order valence-electron chi connectivity index (χ1n) is 9.97. The van der Waals surface area contributed by atoms with Crippen LogP contribution >= 0.6 is 12.2 Å². The van der Waals surface area contributed by atoms with Gasteiger partial charge in [-0.2, -0.15) is 0 Å². The largest absolute Gasteiger partial charge is 0.379 e. The Morgan fingerprint density at radius 1 is 1.21 bits per heavy atom. The molecule has 2 aliphatic rings. The van der Waals surface area contributed by atoms with Crippen LogP contribution in [0.5, 0.6) is 0 Å². The molecule has 2 aliphatic heterocycles. The van der Waals surface area contributed by atoms with Crippen LogP contribution in [0.3, 0.4) is 0 Å². The zero-order valence-corrected chi connectivity index (χ0v) is 17.7. The molecular formula is C21H29N5OS.